The first-order valence-corrected chi connectivity index (χ1v) is 13.3. The molecule has 0 fully saturated rings. The van der Waals surface area contributed by atoms with Crippen LogP contribution in [0, 0.1) is 6.92 Å². The second-order valence-electron chi connectivity index (χ2n) is 9.85. The van der Waals surface area contributed by atoms with Gasteiger partial charge in [-0.25, -0.2) is 0 Å². The maximum Gasteiger partial charge on any atom is 0.0462 e. The Labute approximate surface area is 226 Å². The van der Waals surface area contributed by atoms with Crippen molar-refractivity contribution in [2.45, 2.75) is 20.3 Å². The number of anilines is 3. The van der Waals surface area contributed by atoms with E-state index in [1.807, 2.05) is 0 Å². The summed E-state index contributed by atoms with van der Waals surface area (Å²) in [6.07, 6.45) is 7.80. The Kier molecular flexibility index (Phi) is 6.50. The van der Waals surface area contributed by atoms with Crippen LogP contribution in [0.5, 0.6) is 0 Å². The summed E-state index contributed by atoms with van der Waals surface area (Å²) < 4.78 is 0. The molecular weight excluding hydrogens is 458 g/mol. The Morgan fingerprint density at radius 1 is 0.553 bits per heavy atom. The molecule has 6 rings (SSSR count). The minimum Gasteiger partial charge on any atom is -0.311 e. The molecule has 1 nitrogen and oxygen atoms in total. The molecule has 0 N–H and O–H groups in total. The van der Waals surface area contributed by atoms with Gasteiger partial charge in [0, 0.05) is 17.1 Å². The second kappa shape index (κ2) is 10.4. The summed E-state index contributed by atoms with van der Waals surface area (Å²) in [6, 6.07) is 43.9. The van der Waals surface area contributed by atoms with Gasteiger partial charge in [-0.1, -0.05) is 110 Å². The van der Waals surface area contributed by atoms with Gasteiger partial charge in [0.05, 0.1) is 0 Å². The number of fused-ring (bicyclic) bond motifs is 2. The Bertz CT molecular complexity index is 1570. The van der Waals surface area contributed by atoms with E-state index in [9.17, 15) is 0 Å². The molecule has 0 radical (unpaired) electrons. The normalized spacial score (nSPS) is 11.9. The molecular formula is C37H31N. The van der Waals surface area contributed by atoms with Crippen molar-refractivity contribution in [1.82, 2.24) is 0 Å². The van der Waals surface area contributed by atoms with E-state index in [0.717, 1.165) is 23.5 Å². The van der Waals surface area contributed by atoms with Crippen molar-refractivity contribution in [1.29, 1.82) is 0 Å². The van der Waals surface area contributed by atoms with Crippen LogP contribution in [0.25, 0.3) is 23.8 Å². The Morgan fingerprint density at radius 2 is 1.03 bits per heavy atom. The molecule has 1 aliphatic carbocycles. The number of hydrogen-bond donors (Lipinski definition) is 0. The lowest BCUT2D eigenvalue weighted by atomic mass is 9.92. The molecule has 1 heteroatoms. The molecule has 5 aromatic rings. The van der Waals surface area contributed by atoms with Gasteiger partial charge in [0.1, 0.15) is 0 Å². The zero-order valence-electron chi connectivity index (χ0n) is 21.9. The van der Waals surface area contributed by atoms with Crippen molar-refractivity contribution in [3.05, 3.63) is 160 Å². The maximum atomic E-state index is 2.33. The first-order valence-electron chi connectivity index (χ1n) is 13.3. The fourth-order valence-electron chi connectivity index (χ4n) is 5.16. The molecule has 0 aromatic heterocycles. The lowest BCUT2D eigenvalue weighted by Gasteiger charge is -2.26. The topological polar surface area (TPSA) is 3.24 Å². The van der Waals surface area contributed by atoms with E-state index < -0.39 is 0 Å². The summed E-state index contributed by atoms with van der Waals surface area (Å²) in [4.78, 5) is 2.33. The third-order valence-corrected chi connectivity index (χ3v) is 7.30. The van der Waals surface area contributed by atoms with E-state index in [2.05, 4.69) is 158 Å². The lowest BCUT2D eigenvalue weighted by Crippen LogP contribution is -2.10. The minimum absolute atomic E-state index is 1.04. The monoisotopic (exact) mass is 489 g/mol. The molecule has 0 saturated heterocycles. The molecule has 38 heavy (non-hydrogen) atoms. The highest BCUT2D eigenvalue weighted by Crippen LogP contribution is 2.37. The van der Waals surface area contributed by atoms with Gasteiger partial charge in [-0.2, -0.15) is 0 Å². The van der Waals surface area contributed by atoms with E-state index >= 15 is 0 Å². The van der Waals surface area contributed by atoms with Crippen LogP contribution in [-0.2, 0) is 6.42 Å². The fourth-order valence-corrected chi connectivity index (χ4v) is 5.16. The highest BCUT2D eigenvalue weighted by Gasteiger charge is 2.16. The number of hydrogen-bond acceptors (Lipinski definition) is 1. The van der Waals surface area contributed by atoms with E-state index in [1.54, 1.807) is 0 Å². The Balaban J connectivity index is 1.42. The number of rotatable bonds is 5. The quantitative estimate of drug-likeness (QED) is 0.233. The number of benzene rings is 5. The van der Waals surface area contributed by atoms with Crippen molar-refractivity contribution in [3.63, 3.8) is 0 Å². The van der Waals surface area contributed by atoms with Gasteiger partial charge in [0.2, 0.25) is 0 Å². The SMILES string of the molecule is CCc1ccc(N(c2ccc(C)cc2)c2ccc(C=C3c4ccccc4C=Cc4ccccc43)cc2)cc1. The van der Waals surface area contributed by atoms with Crippen molar-refractivity contribution in [2.24, 2.45) is 0 Å². The number of nitrogens with zero attached hydrogens (tertiary/aromatic N) is 1. The van der Waals surface area contributed by atoms with Crippen LogP contribution in [0.15, 0.2) is 121 Å². The summed E-state index contributed by atoms with van der Waals surface area (Å²) >= 11 is 0. The van der Waals surface area contributed by atoms with Gasteiger partial charge in [0.15, 0.2) is 0 Å². The van der Waals surface area contributed by atoms with Crippen LogP contribution in [0.1, 0.15) is 45.9 Å². The van der Waals surface area contributed by atoms with E-state index in [1.165, 1.54) is 44.5 Å². The lowest BCUT2D eigenvalue weighted by molar-refractivity contribution is 1.14. The Hall–Kier alpha value is -4.62. The molecule has 184 valence electrons. The summed E-state index contributed by atoms with van der Waals surface area (Å²) in [6.45, 7) is 4.33. The van der Waals surface area contributed by atoms with Crippen LogP contribution in [0.3, 0.4) is 0 Å². The molecule has 0 atom stereocenters. The van der Waals surface area contributed by atoms with Gasteiger partial charge in [-0.15, -0.1) is 0 Å². The van der Waals surface area contributed by atoms with Gasteiger partial charge in [-0.3, -0.25) is 0 Å². The van der Waals surface area contributed by atoms with Crippen molar-refractivity contribution >= 4 is 40.9 Å². The van der Waals surface area contributed by atoms with Crippen molar-refractivity contribution in [3.8, 4) is 0 Å². The van der Waals surface area contributed by atoms with Gasteiger partial charge < -0.3 is 4.90 Å². The minimum atomic E-state index is 1.04. The smallest absolute Gasteiger partial charge is 0.0462 e. The molecule has 0 unspecified atom stereocenters. The summed E-state index contributed by atoms with van der Waals surface area (Å²) in [7, 11) is 0. The third-order valence-electron chi connectivity index (χ3n) is 7.30. The molecule has 0 aliphatic heterocycles. The van der Waals surface area contributed by atoms with Crippen LogP contribution >= 0.6 is 0 Å². The maximum absolute atomic E-state index is 2.33. The van der Waals surface area contributed by atoms with Crippen molar-refractivity contribution < 1.29 is 0 Å². The predicted octanol–water partition coefficient (Wildman–Crippen LogP) is 10.1. The second-order valence-corrected chi connectivity index (χ2v) is 9.85. The molecule has 1 aliphatic rings. The van der Waals surface area contributed by atoms with Crippen LogP contribution in [0.2, 0.25) is 0 Å². The molecule has 0 amide bonds. The molecule has 0 spiro atoms. The van der Waals surface area contributed by atoms with Gasteiger partial charge >= 0.3 is 0 Å². The highest BCUT2D eigenvalue weighted by molar-refractivity contribution is 6.00. The molecule has 0 heterocycles. The van der Waals surface area contributed by atoms with Crippen LogP contribution < -0.4 is 4.90 Å². The first-order chi connectivity index (χ1) is 18.7. The van der Waals surface area contributed by atoms with Crippen LogP contribution in [-0.4, -0.2) is 0 Å². The zero-order valence-corrected chi connectivity index (χ0v) is 21.9. The van der Waals surface area contributed by atoms with Crippen molar-refractivity contribution in [2.75, 3.05) is 4.90 Å². The summed E-state index contributed by atoms with van der Waals surface area (Å²) in [5.41, 5.74) is 13.5. The zero-order chi connectivity index (χ0) is 25.9. The van der Waals surface area contributed by atoms with E-state index in [4.69, 9.17) is 0 Å². The summed E-state index contributed by atoms with van der Waals surface area (Å²) in [5, 5.41) is 0. The molecule has 0 bridgehead atoms. The Morgan fingerprint density at radius 3 is 1.55 bits per heavy atom. The number of aryl methyl sites for hydroxylation is 2. The van der Waals surface area contributed by atoms with E-state index in [0.29, 0.717) is 0 Å². The molecule has 0 saturated carbocycles. The average molecular weight is 490 g/mol. The average Bonchev–Trinajstić information content (AvgIpc) is 3.13. The van der Waals surface area contributed by atoms with Crippen LogP contribution in [0.4, 0.5) is 17.1 Å². The standard InChI is InChI=1S/C37H31N/c1-3-28-14-22-33(23-15-28)38(32-20-12-27(2)13-21-32)34-24-16-29(17-25-34)26-37-35-10-6-4-8-30(35)18-19-31-9-5-7-11-36(31)37/h4-26H,3H2,1-2H3. The van der Waals surface area contributed by atoms with Gasteiger partial charge in [-0.05, 0) is 94.8 Å². The first kappa shape index (κ1) is 23.8. The predicted molar refractivity (Wildman–Crippen MR) is 164 cm³/mol. The summed E-state index contributed by atoms with van der Waals surface area (Å²) in [5.74, 6) is 0. The third kappa shape index (κ3) is 4.71. The fraction of sp³-hybridized carbons (Fsp3) is 0.0811. The highest BCUT2D eigenvalue weighted by atomic mass is 15.1. The largest absolute Gasteiger partial charge is 0.311 e. The molecule has 5 aromatic carbocycles. The van der Waals surface area contributed by atoms with Gasteiger partial charge in [0.25, 0.3) is 0 Å². The van der Waals surface area contributed by atoms with E-state index in [-0.39, 0.29) is 0 Å².